The Kier molecular flexibility index (Phi) is 2.51. The summed E-state index contributed by atoms with van der Waals surface area (Å²) in [5.74, 6) is 0. The van der Waals surface area contributed by atoms with E-state index in [1.54, 1.807) is 11.3 Å². The second kappa shape index (κ2) is 3.64. The van der Waals surface area contributed by atoms with Crippen molar-refractivity contribution in [2.45, 2.75) is 31.8 Å². The van der Waals surface area contributed by atoms with Gasteiger partial charge in [0.05, 0.1) is 0 Å². The van der Waals surface area contributed by atoms with Crippen LogP contribution in [0.4, 0.5) is 5.13 Å². The molecule has 1 saturated heterocycles. The molecule has 2 atom stereocenters. The fourth-order valence-corrected chi connectivity index (χ4v) is 2.51. The summed E-state index contributed by atoms with van der Waals surface area (Å²) in [4.78, 5) is 6.63. The Morgan fingerprint density at radius 3 is 3.15 bits per heavy atom. The number of anilines is 1. The maximum Gasteiger partial charge on any atom is 0.185 e. The summed E-state index contributed by atoms with van der Waals surface area (Å²) in [7, 11) is 0. The molecule has 0 saturated carbocycles. The van der Waals surface area contributed by atoms with Crippen LogP contribution < -0.4 is 10.6 Å². The molecule has 1 aromatic rings. The third-order valence-corrected chi connectivity index (χ3v) is 3.39. The molecule has 4 heteroatoms. The Balaban J connectivity index is 2.12. The van der Waals surface area contributed by atoms with Crippen molar-refractivity contribution >= 4 is 16.5 Å². The van der Waals surface area contributed by atoms with Crippen LogP contribution in [0.2, 0.25) is 0 Å². The molecule has 2 heterocycles. The first kappa shape index (κ1) is 8.97. The van der Waals surface area contributed by atoms with E-state index >= 15 is 0 Å². The van der Waals surface area contributed by atoms with Gasteiger partial charge in [0.1, 0.15) is 0 Å². The lowest BCUT2D eigenvalue weighted by molar-refractivity contribution is 0.436. The van der Waals surface area contributed by atoms with E-state index < -0.39 is 0 Å². The van der Waals surface area contributed by atoms with E-state index in [1.807, 2.05) is 11.6 Å². The van der Waals surface area contributed by atoms with Gasteiger partial charge in [0.15, 0.2) is 5.13 Å². The van der Waals surface area contributed by atoms with Crippen molar-refractivity contribution < 1.29 is 0 Å². The van der Waals surface area contributed by atoms with Crippen LogP contribution in [0.1, 0.15) is 19.8 Å². The van der Waals surface area contributed by atoms with Crippen molar-refractivity contribution in [3.8, 4) is 0 Å². The second-order valence-electron chi connectivity index (χ2n) is 3.65. The normalized spacial score (nSPS) is 29.2. The molecule has 0 bridgehead atoms. The summed E-state index contributed by atoms with van der Waals surface area (Å²) in [5.41, 5.74) is 5.93. The van der Waals surface area contributed by atoms with Crippen molar-refractivity contribution in [1.29, 1.82) is 0 Å². The van der Waals surface area contributed by atoms with E-state index in [-0.39, 0.29) is 0 Å². The summed E-state index contributed by atoms with van der Waals surface area (Å²) in [5, 5.41) is 3.13. The zero-order valence-corrected chi connectivity index (χ0v) is 8.63. The van der Waals surface area contributed by atoms with E-state index in [0.29, 0.717) is 12.1 Å². The van der Waals surface area contributed by atoms with Gasteiger partial charge in [0, 0.05) is 30.2 Å². The zero-order valence-electron chi connectivity index (χ0n) is 7.81. The first-order valence-electron chi connectivity index (χ1n) is 4.69. The number of aromatic nitrogens is 1. The number of hydrogen-bond donors (Lipinski definition) is 1. The van der Waals surface area contributed by atoms with Gasteiger partial charge in [-0.15, -0.1) is 11.3 Å². The molecule has 0 aromatic carbocycles. The lowest BCUT2D eigenvalue weighted by Gasteiger charge is -2.36. The molecule has 3 nitrogen and oxygen atoms in total. The first-order chi connectivity index (χ1) is 6.27. The van der Waals surface area contributed by atoms with E-state index in [9.17, 15) is 0 Å². The Morgan fingerprint density at radius 1 is 1.62 bits per heavy atom. The van der Waals surface area contributed by atoms with Crippen LogP contribution in [0.15, 0.2) is 11.6 Å². The summed E-state index contributed by atoms with van der Waals surface area (Å²) in [6.07, 6.45) is 4.18. The third kappa shape index (κ3) is 1.84. The van der Waals surface area contributed by atoms with E-state index in [4.69, 9.17) is 5.73 Å². The molecule has 2 unspecified atom stereocenters. The molecule has 1 aliphatic rings. The van der Waals surface area contributed by atoms with Crippen LogP contribution in [0.3, 0.4) is 0 Å². The highest BCUT2D eigenvalue weighted by molar-refractivity contribution is 7.13. The number of piperidine rings is 1. The fraction of sp³-hybridized carbons (Fsp3) is 0.667. The monoisotopic (exact) mass is 197 g/mol. The predicted octanol–water partition coefficient (Wildman–Crippen LogP) is 1.46. The van der Waals surface area contributed by atoms with Gasteiger partial charge in [-0.2, -0.15) is 0 Å². The molecular weight excluding hydrogens is 182 g/mol. The van der Waals surface area contributed by atoms with Crippen molar-refractivity contribution in [3.63, 3.8) is 0 Å². The molecule has 1 aliphatic heterocycles. The van der Waals surface area contributed by atoms with Gasteiger partial charge >= 0.3 is 0 Å². The zero-order chi connectivity index (χ0) is 9.26. The first-order valence-corrected chi connectivity index (χ1v) is 5.57. The number of hydrogen-bond acceptors (Lipinski definition) is 4. The fourth-order valence-electron chi connectivity index (χ4n) is 1.76. The molecule has 0 aliphatic carbocycles. The quantitative estimate of drug-likeness (QED) is 0.741. The standard InChI is InChI=1S/C9H15N3S/c1-7-2-3-8(10)6-12(7)9-11-4-5-13-9/h4-5,7-8H,2-3,6,10H2,1H3. The predicted molar refractivity (Wildman–Crippen MR) is 56.1 cm³/mol. The molecule has 0 amide bonds. The smallest absolute Gasteiger partial charge is 0.185 e. The van der Waals surface area contributed by atoms with Crippen LogP contribution in [0, 0.1) is 0 Å². The Hall–Kier alpha value is -0.610. The number of nitrogens with zero attached hydrogens (tertiary/aromatic N) is 2. The third-order valence-electron chi connectivity index (χ3n) is 2.58. The van der Waals surface area contributed by atoms with Gasteiger partial charge in [0.2, 0.25) is 0 Å². The number of nitrogens with two attached hydrogens (primary N) is 1. The lowest BCUT2D eigenvalue weighted by atomic mass is 10.0. The minimum atomic E-state index is 0.320. The van der Waals surface area contributed by atoms with Crippen LogP contribution in [-0.4, -0.2) is 23.6 Å². The van der Waals surface area contributed by atoms with Gasteiger partial charge in [0.25, 0.3) is 0 Å². The Labute approximate surface area is 82.6 Å². The molecule has 13 heavy (non-hydrogen) atoms. The van der Waals surface area contributed by atoms with Gasteiger partial charge in [-0.3, -0.25) is 0 Å². The van der Waals surface area contributed by atoms with Crippen LogP contribution in [-0.2, 0) is 0 Å². The maximum absolute atomic E-state index is 5.93. The molecule has 0 radical (unpaired) electrons. The van der Waals surface area contributed by atoms with Gasteiger partial charge in [-0.25, -0.2) is 4.98 Å². The summed E-state index contributed by atoms with van der Waals surface area (Å²) in [6.45, 7) is 3.20. The lowest BCUT2D eigenvalue weighted by Crippen LogP contribution is -2.47. The van der Waals surface area contributed by atoms with E-state index in [1.165, 1.54) is 6.42 Å². The van der Waals surface area contributed by atoms with Gasteiger partial charge < -0.3 is 10.6 Å². The molecule has 72 valence electrons. The van der Waals surface area contributed by atoms with Crippen molar-refractivity contribution in [1.82, 2.24) is 4.98 Å². The molecule has 2 rings (SSSR count). The van der Waals surface area contributed by atoms with Gasteiger partial charge in [-0.1, -0.05) is 0 Å². The minimum Gasteiger partial charge on any atom is -0.344 e. The average molecular weight is 197 g/mol. The second-order valence-corrected chi connectivity index (χ2v) is 4.53. The minimum absolute atomic E-state index is 0.320. The van der Waals surface area contributed by atoms with Gasteiger partial charge in [-0.05, 0) is 19.8 Å². The summed E-state index contributed by atoms with van der Waals surface area (Å²) in [6, 6.07) is 0.908. The molecule has 1 fully saturated rings. The van der Waals surface area contributed by atoms with Crippen LogP contribution in [0.25, 0.3) is 0 Å². The molecule has 1 aromatic heterocycles. The molecule has 2 N–H and O–H groups in total. The largest absolute Gasteiger partial charge is 0.344 e. The van der Waals surface area contributed by atoms with Crippen molar-refractivity contribution in [2.24, 2.45) is 5.73 Å². The highest BCUT2D eigenvalue weighted by Gasteiger charge is 2.24. The molecular formula is C9H15N3S. The van der Waals surface area contributed by atoms with E-state index in [2.05, 4.69) is 16.8 Å². The topological polar surface area (TPSA) is 42.1 Å². The number of thiazole rings is 1. The number of rotatable bonds is 1. The van der Waals surface area contributed by atoms with Crippen molar-refractivity contribution in [2.75, 3.05) is 11.4 Å². The maximum atomic E-state index is 5.93. The summed E-state index contributed by atoms with van der Waals surface area (Å²) < 4.78 is 0. The summed E-state index contributed by atoms with van der Waals surface area (Å²) >= 11 is 1.69. The van der Waals surface area contributed by atoms with Crippen molar-refractivity contribution in [3.05, 3.63) is 11.6 Å². The van der Waals surface area contributed by atoms with Crippen LogP contribution >= 0.6 is 11.3 Å². The SMILES string of the molecule is CC1CCC(N)CN1c1nccs1. The highest BCUT2D eigenvalue weighted by Crippen LogP contribution is 2.25. The molecule has 0 spiro atoms. The van der Waals surface area contributed by atoms with E-state index in [0.717, 1.165) is 18.1 Å². The Morgan fingerprint density at radius 2 is 2.46 bits per heavy atom. The highest BCUT2D eigenvalue weighted by atomic mass is 32.1. The Bertz CT molecular complexity index is 260. The van der Waals surface area contributed by atoms with Crippen LogP contribution in [0.5, 0.6) is 0 Å². The average Bonchev–Trinajstić information content (AvgIpc) is 2.61.